The average Bonchev–Trinajstić information content (AvgIpc) is 2.63. The van der Waals surface area contributed by atoms with Gasteiger partial charge in [0.05, 0.1) is 6.04 Å². The summed E-state index contributed by atoms with van der Waals surface area (Å²) in [6.07, 6.45) is 5.12. The van der Waals surface area contributed by atoms with Crippen molar-refractivity contribution in [2.45, 2.75) is 13.0 Å². The van der Waals surface area contributed by atoms with Crippen LogP contribution in [0.1, 0.15) is 23.1 Å². The van der Waals surface area contributed by atoms with Crippen molar-refractivity contribution < 1.29 is 0 Å². The van der Waals surface area contributed by atoms with Gasteiger partial charge in [-0.1, -0.05) is 0 Å². The highest BCUT2D eigenvalue weighted by Gasteiger charge is 2.16. The fourth-order valence-electron chi connectivity index (χ4n) is 1.64. The van der Waals surface area contributed by atoms with E-state index in [1.165, 1.54) is 6.07 Å². The van der Waals surface area contributed by atoms with Crippen molar-refractivity contribution in [3.05, 3.63) is 52.0 Å². The normalized spacial score (nSPS) is 12.7. The van der Waals surface area contributed by atoms with Crippen molar-refractivity contribution >= 4 is 0 Å². The molecule has 0 bridgehead atoms. The van der Waals surface area contributed by atoms with Gasteiger partial charge in [-0.2, -0.15) is 0 Å². The lowest BCUT2D eigenvalue weighted by atomic mass is 10.1. The van der Waals surface area contributed by atoms with Gasteiger partial charge in [0.15, 0.2) is 5.43 Å². The molecule has 0 saturated carbocycles. The summed E-state index contributed by atoms with van der Waals surface area (Å²) >= 11 is 0. The minimum Gasteiger partial charge on any atom is -0.365 e. The Labute approximate surface area is 92.9 Å². The van der Waals surface area contributed by atoms with Gasteiger partial charge in [0.25, 0.3) is 0 Å². The van der Waals surface area contributed by atoms with Crippen molar-refractivity contribution in [2.75, 3.05) is 0 Å². The topological polar surface area (TPSA) is 76.7 Å². The van der Waals surface area contributed by atoms with E-state index < -0.39 is 6.04 Å². The SMILES string of the molecule is Cc1cc(=O)c(C(N)c2nccn2C)c[nH]1. The van der Waals surface area contributed by atoms with Crippen LogP contribution in [0.15, 0.2) is 29.5 Å². The first-order valence-corrected chi connectivity index (χ1v) is 5.01. The number of H-pyrrole nitrogens is 1. The van der Waals surface area contributed by atoms with E-state index >= 15 is 0 Å². The molecule has 0 amide bonds. The Bertz CT molecular complexity index is 555. The van der Waals surface area contributed by atoms with Gasteiger partial charge >= 0.3 is 0 Å². The molecule has 84 valence electrons. The maximum absolute atomic E-state index is 11.8. The molecule has 0 fully saturated rings. The molecule has 5 nitrogen and oxygen atoms in total. The quantitative estimate of drug-likeness (QED) is 0.769. The number of nitrogens with two attached hydrogens (primary N) is 1. The summed E-state index contributed by atoms with van der Waals surface area (Å²) < 4.78 is 1.81. The first-order valence-electron chi connectivity index (χ1n) is 5.01. The number of imidazole rings is 1. The smallest absolute Gasteiger partial charge is 0.187 e. The molecule has 1 unspecified atom stereocenters. The van der Waals surface area contributed by atoms with E-state index in [1.54, 1.807) is 18.6 Å². The van der Waals surface area contributed by atoms with Gasteiger partial charge in [0.2, 0.25) is 0 Å². The van der Waals surface area contributed by atoms with Crippen LogP contribution < -0.4 is 11.2 Å². The molecule has 2 aromatic heterocycles. The zero-order chi connectivity index (χ0) is 11.7. The van der Waals surface area contributed by atoms with Crippen molar-refractivity contribution in [2.24, 2.45) is 12.8 Å². The Kier molecular flexibility index (Phi) is 2.62. The number of aryl methyl sites for hydroxylation is 2. The second kappa shape index (κ2) is 3.94. The largest absolute Gasteiger partial charge is 0.365 e. The van der Waals surface area contributed by atoms with Gasteiger partial charge < -0.3 is 15.3 Å². The molecule has 5 heteroatoms. The molecule has 0 saturated heterocycles. The number of nitrogens with zero attached hydrogens (tertiary/aromatic N) is 2. The second-order valence-corrected chi connectivity index (χ2v) is 3.81. The van der Waals surface area contributed by atoms with E-state index in [0.29, 0.717) is 11.4 Å². The van der Waals surface area contributed by atoms with Gasteiger partial charge in [-0.05, 0) is 6.92 Å². The van der Waals surface area contributed by atoms with Gasteiger partial charge in [-0.3, -0.25) is 4.79 Å². The van der Waals surface area contributed by atoms with Gasteiger partial charge in [0.1, 0.15) is 5.82 Å². The highest BCUT2D eigenvalue weighted by molar-refractivity contribution is 5.23. The summed E-state index contributed by atoms with van der Waals surface area (Å²) in [5.41, 5.74) is 7.29. The third-order valence-electron chi connectivity index (χ3n) is 2.56. The van der Waals surface area contributed by atoms with Crippen molar-refractivity contribution in [3.8, 4) is 0 Å². The Morgan fingerprint density at radius 3 is 2.88 bits per heavy atom. The Morgan fingerprint density at radius 1 is 1.56 bits per heavy atom. The Hall–Kier alpha value is -1.88. The summed E-state index contributed by atoms with van der Waals surface area (Å²) in [6.45, 7) is 1.83. The van der Waals surface area contributed by atoms with Gasteiger partial charge in [0, 0.05) is 43.0 Å². The third kappa shape index (κ3) is 1.77. The standard InChI is InChI=1S/C11H14N4O/c1-7-5-9(16)8(6-14-7)10(12)11-13-3-4-15(11)2/h3-6,10H,12H2,1-2H3,(H,14,16). The van der Waals surface area contributed by atoms with E-state index in [2.05, 4.69) is 9.97 Å². The molecular formula is C11H14N4O. The third-order valence-corrected chi connectivity index (χ3v) is 2.56. The number of aromatic nitrogens is 3. The molecule has 2 heterocycles. The zero-order valence-corrected chi connectivity index (χ0v) is 9.27. The zero-order valence-electron chi connectivity index (χ0n) is 9.27. The number of hydrogen-bond donors (Lipinski definition) is 2. The predicted octanol–water partition coefficient (Wildman–Crippen LogP) is 0.465. The highest BCUT2D eigenvalue weighted by atomic mass is 16.1. The molecule has 0 radical (unpaired) electrons. The van der Waals surface area contributed by atoms with Crippen LogP contribution in [0.2, 0.25) is 0 Å². The maximum atomic E-state index is 11.8. The number of aromatic amines is 1. The van der Waals surface area contributed by atoms with Crippen LogP contribution in [-0.2, 0) is 7.05 Å². The van der Waals surface area contributed by atoms with E-state index in [9.17, 15) is 4.79 Å². The number of rotatable bonds is 2. The molecule has 0 aliphatic heterocycles. The summed E-state index contributed by atoms with van der Waals surface area (Å²) in [7, 11) is 1.85. The first-order chi connectivity index (χ1) is 7.59. The summed E-state index contributed by atoms with van der Waals surface area (Å²) in [4.78, 5) is 18.9. The van der Waals surface area contributed by atoms with E-state index in [4.69, 9.17) is 5.73 Å². The van der Waals surface area contributed by atoms with Crippen LogP contribution in [0.25, 0.3) is 0 Å². The summed E-state index contributed by atoms with van der Waals surface area (Å²) in [5, 5.41) is 0. The summed E-state index contributed by atoms with van der Waals surface area (Å²) in [5.74, 6) is 0.675. The van der Waals surface area contributed by atoms with Crippen LogP contribution in [0.5, 0.6) is 0 Å². The molecule has 2 aromatic rings. The molecular weight excluding hydrogens is 204 g/mol. The number of pyridine rings is 1. The molecule has 0 aromatic carbocycles. The monoisotopic (exact) mass is 218 g/mol. The average molecular weight is 218 g/mol. The Morgan fingerprint density at radius 2 is 2.31 bits per heavy atom. The van der Waals surface area contributed by atoms with Crippen LogP contribution >= 0.6 is 0 Å². The molecule has 0 aliphatic carbocycles. The fourth-order valence-corrected chi connectivity index (χ4v) is 1.64. The molecule has 16 heavy (non-hydrogen) atoms. The van der Waals surface area contributed by atoms with Crippen molar-refractivity contribution in [1.82, 2.24) is 14.5 Å². The van der Waals surface area contributed by atoms with E-state index in [1.807, 2.05) is 18.5 Å². The fraction of sp³-hybridized carbons (Fsp3) is 0.273. The molecule has 2 rings (SSSR count). The molecule has 3 N–H and O–H groups in total. The molecule has 0 spiro atoms. The maximum Gasteiger partial charge on any atom is 0.187 e. The second-order valence-electron chi connectivity index (χ2n) is 3.81. The highest BCUT2D eigenvalue weighted by Crippen LogP contribution is 2.13. The number of hydrogen-bond acceptors (Lipinski definition) is 3. The van der Waals surface area contributed by atoms with Crippen molar-refractivity contribution in [1.29, 1.82) is 0 Å². The molecule has 0 aliphatic rings. The van der Waals surface area contributed by atoms with E-state index in [-0.39, 0.29) is 5.43 Å². The lowest BCUT2D eigenvalue weighted by molar-refractivity contribution is 0.710. The van der Waals surface area contributed by atoms with E-state index in [0.717, 1.165) is 5.69 Å². The van der Waals surface area contributed by atoms with Gasteiger partial charge in [-0.15, -0.1) is 0 Å². The van der Waals surface area contributed by atoms with Crippen LogP contribution in [-0.4, -0.2) is 14.5 Å². The van der Waals surface area contributed by atoms with Crippen LogP contribution in [0.3, 0.4) is 0 Å². The summed E-state index contributed by atoms with van der Waals surface area (Å²) in [6, 6.07) is 1.04. The lowest BCUT2D eigenvalue weighted by Crippen LogP contribution is -2.23. The predicted molar refractivity (Wildman–Crippen MR) is 61.0 cm³/mol. The first kappa shape index (κ1) is 10.6. The van der Waals surface area contributed by atoms with Crippen LogP contribution in [0.4, 0.5) is 0 Å². The number of nitrogens with one attached hydrogen (secondary N) is 1. The minimum absolute atomic E-state index is 0.0632. The molecule has 1 atom stereocenters. The van der Waals surface area contributed by atoms with Crippen LogP contribution in [0, 0.1) is 6.92 Å². The lowest BCUT2D eigenvalue weighted by Gasteiger charge is -2.11. The van der Waals surface area contributed by atoms with Gasteiger partial charge in [-0.25, -0.2) is 4.98 Å². The Balaban J connectivity index is 2.46. The minimum atomic E-state index is -0.496. The van der Waals surface area contributed by atoms with Crippen molar-refractivity contribution in [3.63, 3.8) is 0 Å².